The summed E-state index contributed by atoms with van der Waals surface area (Å²) in [4.78, 5) is 11.7. The van der Waals surface area contributed by atoms with Gasteiger partial charge in [0.05, 0.1) is 13.7 Å². The zero-order valence-corrected chi connectivity index (χ0v) is 13.5. The maximum atomic E-state index is 12.7. The quantitative estimate of drug-likeness (QED) is 0.731. The molecule has 6 heteroatoms. The number of carbonyl (C=O) groups is 1. The molecule has 0 spiro atoms. The number of halogens is 1. The number of para-hydroxylation sites is 1. The average Bonchev–Trinajstić information content (AvgIpc) is 2.60. The molecule has 5 nitrogen and oxygen atoms in total. The molecule has 2 N–H and O–H groups in total. The molecular formula is C18H21FN2O3. The van der Waals surface area contributed by atoms with Crippen LogP contribution >= 0.6 is 0 Å². The molecule has 24 heavy (non-hydrogen) atoms. The number of ether oxygens (including phenoxy) is 2. The molecule has 0 atom stereocenters. The number of rotatable bonds is 8. The highest BCUT2D eigenvalue weighted by Gasteiger charge is 2.03. The molecule has 2 rings (SSSR count). The van der Waals surface area contributed by atoms with Crippen molar-refractivity contribution in [2.75, 3.05) is 26.8 Å². The first-order chi connectivity index (χ1) is 11.7. The van der Waals surface area contributed by atoms with E-state index < -0.39 is 0 Å². The standard InChI is InChI=1S/C18H21FN2O3/c1-23-17-5-3-2-4-14(17)10-11-20-18(22)21-12-13-24-16-8-6-15(19)7-9-16/h2-9H,10-13H2,1H3,(H2,20,21,22). The first kappa shape index (κ1) is 17.6. The highest BCUT2D eigenvalue weighted by Crippen LogP contribution is 2.17. The van der Waals surface area contributed by atoms with Crippen LogP contribution in [0.25, 0.3) is 0 Å². The summed E-state index contributed by atoms with van der Waals surface area (Å²) in [5.74, 6) is 1.07. The van der Waals surface area contributed by atoms with Crippen LogP contribution in [0.15, 0.2) is 48.5 Å². The summed E-state index contributed by atoms with van der Waals surface area (Å²) in [6.45, 7) is 1.18. The Morgan fingerprint density at radius 3 is 2.50 bits per heavy atom. The zero-order valence-electron chi connectivity index (χ0n) is 13.5. The van der Waals surface area contributed by atoms with Crippen molar-refractivity contribution in [3.8, 4) is 11.5 Å². The molecule has 0 aliphatic rings. The maximum Gasteiger partial charge on any atom is 0.314 e. The van der Waals surface area contributed by atoms with Crippen molar-refractivity contribution in [1.29, 1.82) is 0 Å². The van der Waals surface area contributed by atoms with E-state index in [2.05, 4.69) is 10.6 Å². The normalized spacial score (nSPS) is 10.1. The Morgan fingerprint density at radius 1 is 1.04 bits per heavy atom. The van der Waals surface area contributed by atoms with Gasteiger partial charge in [-0.25, -0.2) is 9.18 Å². The number of carbonyl (C=O) groups excluding carboxylic acids is 1. The van der Waals surface area contributed by atoms with Crippen LogP contribution in [0.4, 0.5) is 9.18 Å². The predicted octanol–water partition coefficient (Wildman–Crippen LogP) is 2.76. The van der Waals surface area contributed by atoms with E-state index in [9.17, 15) is 9.18 Å². The molecule has 0 aromatic heterocycles. The summed E-state index contributed by atoms with van der Waals surface area (Å²) in [5, 5.41) is 5.48. The van der Waals surface area contributed by atoms with Crippen LogP contribution in [0.1, 0.15) is 5.56 Å². The first-order valence-electron chi connectivity index (χ1n) is 7.71. The minimum Gasteiger partial charge on any atom is -0.496 e. The topological polar surface area (TPSA) is 59.6 Å². The Labute approximate surface area is 140 Å². The van der Waals surface area contributed by atoms with Gasteiger partial charge in [-0.15, -0.1) is 0 Å². The summed E-state index contributed by atoms with van der Waals surface area (Å²) in [6.07, 6.45) is 0.684. The molecule has 0 aliphatic heterocycles. The molecule has 0 heterocycles. The van der Waals surface area contributed by atoms with Gasteiger partial charge in [0.1, 0.15) is 23.9 Å². The van der Waals surface area contributed by atoms with E-state index in [1.54, 1.807) is 19.2 Å². The van der Waals surface area contributed by atoms with Gasteiger partial charge < -0.3 is 20.1 Å². The lowest BCUT2D eigenvalue weighted by molar-refractivity contribution is 0.236. The number of benzene rings is 2. The van der Waals surface area contributed by atoms with Gasteiger partial charge in [-0.3, -0.25) is 0 Å². The van der Waals surface area contributed by atoms with Crippen molar-refractivity contribution in [2.45, 2.75) is 6.42 Å². The summed E-state index contributed by atoms with van der Waals surface area (Å²) in [7, 11) is 1.63. The van der Waals surface area contributed by atoms with Crippen LogP contribution in [0, 0.1) is 5.82 Å². The second-order valence-corrected chi connectivity index (χ2v) is 5.05. The molecule has 0 aliphatic carbocycles. The van der Waals surface area contributed by atoms with Crippen LogP contribution in [-0.2, 0) is 6.42 Å². The number of nitrogens with one attached hydrogen (secondary N) is 2. The van der Waals surface area contributed by atoms with Gasteiger partial charge in [0, 0.05) is 6.54 Å². The van der Waals surface area contributed by atoms with Gasteiger partial charge in [-0.2, -0.15) is 0 Å². The zero-order chi connectivity index (χ0) is 17.2. The van der Waals surface area contributed by atoms with Crippen molar-refractivity contribution < 1.29 is 18.7 Å². The van der Waals surface area contributed by atoms with Gasteiger partial charge in [0.15, 0.2) is 0 Å². The molecule has 0 saturated heterocycles. The molecule has 0 radical (unpaired) electrons. The highest BCUT2D eigenvalue weighted by molar-refractivity contribution is 5.73. The summed E-state index contributed by atoms with van der Waals surface area (Å²) in [5.41, 5.74) is 1.04. The molecule has 2 amide bonds. The van der Waals surface area contributed by atoms with Crippen molar-refractivity contribution in [3.05, 3.63) is 59.9 Å². The second kappa shape index (κ2) is 9.39. The number of methoxy groups -OCH3 is 1. The Bertz CT molecular complexity index is 647. The highest BCUT2D eigenvalue weighted by atomic mass is 19.1. The largest absolute Gasteiger partial charge is 0.496 e. The minimum absolute atomic E-state index is 0.257. The Kier molecular flexibility index (Phi) is 6.89. The molecular weight excluding hydrogens is 311 g/mol. The number of amides is 2. The van der Waals surface area contributed by atoms with Crippen molar-refractivity contribution in [3.63, 3.8) is 0 Å². The third-order valence-electron chi connectivity index (χ3n) is 3.34. The van der Waals surface area contributed by atoms with E-state index in [1.165, 1.54) is 12.1 Å². The lowest BCUT2D eigenvalue weighted by Gasteiger charge is -2.10. The van der Waals surface area contributed by atoms with Gasteiger partial charge in [0.2, 0.25) is 0 Å². The lowest BCUT2D eigenvalue weighted by atomic mass is 10.1. The SMILES string of the molecule is COc1ccccc1CCNC(=O)NCCOc1ccc(F)cc1. The molecule has 0 unspecified atom stereocenters. The number of hydrogen-bond donors (Lipinski definition) is 2. The van der Waals surface area contributed by atoms with Gasteiger partial charge >= 0.3 is 6.03 Å². The second-order valence-electron chi connectivity index (χ2n) is 5.05. The van der Waals surface area contributed by atoms with Crippen molar-refractivity contribution >= 4 is 6.03 Å². The fraction of sp³-hybridized carbons (Fsp3) is 0.278. The minimum atomic E-state index is -0.310. The summed E-state index contributed by atoms with van der Waals surface area (Å²) >= 11 is 0. The van der Waals surface area contributed by atoms with Crippen LogP contribution in [0.2, 0.25) is 0 Å². The van der Waals surface area contributed by atoms with E-state index in [-0.39, 0.29) is 11.8 Å². The van der Waals surface area contributed by atoms with E-state index >= 15 is 0 Å². The monoisotopic (exact) mass is 332 g/mol. The lowest BCUT2D eigenvalue weighted by Crippen LogP contribution is -2.38. The fourth-order valence-corrected chi connectivity index (χ4v) is 2.15. The molecule has 128 valence electrons. The third-order valence-corrected chi connectivity index (χ3v) is 3.34. The number of urea groups is 1. The molecule has 0 bridgehead atoms. The predicted molar refractivity (Wildman–Crippen MR) is 90.0 cm³/mol. The van der Waals surface area contributed by atoms with E-state index in [0.717, 1.165) is 11.3 Å². The summed E-state index contributed by atoms with van der Waals surface area (Å²) < 4.78 is 23.4. The molecule has 0 fully saturated rings. The van der Waals surface area contributed by atoms with Crippen LogP contribution < -0.4 is 20.1 Å². The Balaban J connectivity index is 1.60. The average molecular weight is 332 g/mol. The van der Waals surface area contributed by atoms with Gasteiger partial charge in [-0.05, 0) is 42.3 Å². The van der Waals surface area contributed by atoms with Crippen molar-refractivity contribution in [1.82, 2.24) is 10.6 Å². The molecule has 2 aromatic carbocycles. The van der Waals surface area contributed by atoms with Crippen LogP contribution in [-0.4, -0.2) is 32.8 Å². The smallest absolute Gasteiger partial charge is 0.314 e. The maximum absolute atomic E-state index is 12.7. The molecule has 2 aromatic rings. The van der Waals surface area contributed by atoms with Crippen LogP contribution in [0.5, 0.6) is 11.5 Å². The fourth-order valence-electron chi connectivity index (χ4n) is 2.15. The van der Waals surface area contributed by atoms with Crippen LogP contribution in [0.3, 0.4) is 0 Å². The van der Waals surface area contributed by atoms with Gasteiger partial charge in [-0.1, -0.05) is 18.2 Å². The Morgan fingerprint density at radius 2 is 1.75 bits per heavy atom. The summed E-state index contributed by atoms with van der Waals surface area (Å²) in [6, 6.07) is 13.2. The van der Waals surface area contributed by atoms with E-state index in [0.29, 0.717) is 31.9 Å². The van der Waals surface area contributed by atoms with E-state index in [4.69, 9.17) is 9.47 Å². The van der Waals surface area contributed by atoms with Gasteiger partial charge in [0.25, 0.3) is 0 Å². The molecule has 0 saturated carbocycles. The van der Waals surface area contributed by atoms with E-state index in [1.807, 2.05) is 24.3 Å². The van der Waals surface area contributed by atoms with Crippen molar-refractivity contribution in [2.24, 2.45) is 0 Å². The Hall–Kier alpha value is -2.76. The first-order valence-corrected chi connectivity index (χ1v) is 7.71. The number of hydrogen-bond acceptors (Lipinski definition) is 3. The third kappa shape index (κ3) is 5.79.